The molecule has 4 heteroatoms. The Morgan fingerprint density at radius 3 is 2.92 bits per heavy atom. The summed E-state index contributed by atoms with van der Waals surface area (Å²) in [6, 6.07) is 5.01. The molecule has 0 aliphatic carbocycles. The fraction of sp³-hybridized carbons (Fsp3) is 0.250. The average Bonchev–Trinajstić information content (AvgIpc) is 2.07. The van der Waals surface area contributed by atoms with Crippen LogP contribution < -0.4 is 5.48 Å². The van der Waals surface area contributed by atoms with Crippen molar-refractivity contribution in [3.05, 3.63) is 28.8 Å². The number of phenolic OH excluding ortho intramolecular Hbond substituents is 1. The molecule has 0 aromatic heterocycles. The van der Waals surface area contributed by atoms with Crippen molar-refractivity contribution in [3.63, 3.8) is 0 Å². The zero-order valence-electron chi connectivity index (χ0n) is 6.67. The summed E-state index contributed by atoms with van der Waals surface area (Å²) in [6.45, 7) is 0.566. The van der Waals surface area contributed by atoms with Gasteiger partial charge in [0.1, 0.15) is 5.75 Å². The van der Waals surface area contributed by atoms with Crippen LogP contribution in [0.2, 0.25) is 5.02 Å². The molecule has 12 heavy (non-hydrogen) atoms. The van der Waals surface area contributed by atoms with Gasteiger partial charge < -0.3 is 9.94 Å². The van der Waals surface area contributed by atoms with E-state index in [1.165, 1.54) is 0 Å². The van der Waals surface area contributed by atoms with Crippen molar-refractivity contribution in [2.24, 2.45) is 0 Å². The van der Waals surface area contributed by atoms with E-state index in [4.69, 9.17) is 16.7 Å². The summed E-state index contributed by atoms with van der Waals surface area (Å²) < 4.78 is 0. The van der Waals surface area contributed by atoms with Crippen LogP contribution in [0.15, 0.2) is 18.2 Å². The fourth-order valence-corrected chi connectivity index (χ4v) is 1.02. The maximum atomic E-state index is 9.09. The molecule has 0 aliphatic rings. The van der Waals surface area contributed by atoms with Gasteiger partial charge in [0, 0.05) is 6.54 Å². The van der Waals surface area contributed by atoms with Crippen molar-refractivity contribution in [1.29, 1.82) is 0 Å². The zero-order valence-corrected chi connectivity index (χ0v) is 7.43. The molecule has 66 valence electrons. The van der Waals surface area contributed by atoms with E-state index < -0.39 is 0 Å². The molecule has 1 rings (SSSR count). The molecule has 0 fully saturated rings. The van der Waals surface area contributed by atoms with Crippen LogP contribution in [0.25, 0.3) is 0 Å². The topological polar surface area (TPSA) is 41.5 Å². The van der Waals surface area contributed by atoms with Crippen LogP contribution in [0.4, 0.5) is 0 Å². The fourth-order valence-electron chi connectivity index (χ4n) is 0.816. The summed E-state index contributed by atoms with van der Waals surface area (Å²) in [5, 5.41) is 9.44. The van der Waals surface area contributed by atoms with Gasteiger partial charge in [0.25, 0.3) is 0 Å². The molecule has 0 bridgehead atoms. The van der Waals surface area contributed by atoms with E-state index in [1.54, 1.807) is 25.3 Å². The highest BCUT2D eigenvalue weighted by Crippen LogP contribution is 2.23. The number of rotatable bonds is 3. The molecular formula is C8H10ClNO2. The number of aromatic hydroxyl groups is 1. The van der Waals surface area contributed by atoms with E-state index in [0.29, 0.717) is 11.6 Å². The SMILES string of the molecule is CONCc1ccc(O)c(Cl)c1. The van der Waals surface area contributed by atoms with Crippen LogP contribution in [-0.4, -0.2) is 12.2 Å². The molecule has 0 aliphatic heterocycles. The van der Waals surface area contributed by atoms with Gasteiger partial charge in [0.2, 0.25) is 0 Å². The normalized spacial score (nSPS) is 10.2. The first-order chi connectivity index (χ1) is 5.74. The predicted octanol–water partition coefficient (Wildman–Crippen LogP) is 1.70. The van der Waals surface area contributed by atoms with E-state index in [9.17, 15) is 0 Å². The highest BCUT2D eigenvalue weighted by atomic mass is 35.5. The van der Waals surface area contributed by atoms with Crippen molar-refractivity contribution in [1.82, 2.24) is 5.48 Å². The largest absolute Gasteiger partial charge is 0.506 e. The monoisotopic (exact) mass is 187 g/mol. The first kappa shape index (κ1) is 9.32. The van der Waals surface area contributed by atoms with Crippen LogP contribution >= 0.6 is 11.6 Å². The Kier molecular flexibility index (Phi) is 3.34. The van der Waals surface area contributed by atoms with Gasteiger partial charge in [0.15, 0.2) is 0 Å². The van der Waals surface area contributed by atoms with Crippen LogP contribution in [-0.2, 0) is 11.4 Å². The molecule has 1 aromatic carbocycles. The molecule has 0 spiro atoms. The molecule has 0 atom stereocenters. The second kappa shape index (κ2) is 4.30. The maximum Gasteiger partial charge on any atom is 0.134 e. The first-order valence-electron chi connectivity index (χ1n) is 3.47. The van der Waals surface area contributed by atoms with Gasteiger partial charge in [0.05, 0.1) is 12.1 Å². The summed E-state index contributed by atoms with van der Waals surface area (Å²) in [7, 11) is 1.54. The minimum atomic E-state index is 0.0952. The van der Waals surface area contributed by atoms with Gasteiger partial charge in [-0.1, -0.05) is 17.7 Å². The number of benzene rings is 1. The lowest BCUT2D eigenvalue weighted by Crippen LogP contribution is -2.10. The third-order valence-corrected chi connectivity index (χ3v) is 1.74. The third-order valence-electron chi connectivity index (χ3n) is 1.43. The van der Waals surface area contributed by atoms with E-state index in [0.717, 1.165) is 5.56 Å². The van der Waals surface area contributed by atoms with Crippen LogP contribution in [0.3, 0.4) is 0 Å². The van der Waals surface area contributed by atoms with Gasteiger partial charge in [-0.15, -0.1) is 0 Å². The zero-order chi connectivity index (χ0) is 8.97. The number of hydroxylamine groups is 1. The van der Waals surface area contributed by atoms with Crippen molar-refractivity contribution >= 4 is 11.6 Å². The molecule has 0 heterocycles. The predicted molar refractivity (Wildman–Crippen MR) is 47.0 cm³/mol. The Bertz CT molecular complexity index is 265. The van der Waals surface area contributed by atoms with E-state index in [-0.39, 0.29) is 5.75 Å². The second-order valence-electron chi connectivity index (χ2n) is 2.31. The summed E-state index contributed by atoms with van der Waals surface area (Å²) in [5.74, 6) is 0.0952. The van der Waals surface area contributed by atoms with Crippen molar-refractivity contribution in [2.75, 3.05) is 7.11 Å². The average molecular weight is 188 g/mol. The highest BCUT2D eigenvalue weighted by Gasteiger charge is 1.98. The molecule has 3 nitrogen and oxygen atoms in total. The van der Waals surface area contributed by atoms with Crippen LogP contribution in [0, 0.1) is 0 Å². The van der Waals surface area contributed by atoms with Gasteiger partial charge in [-0.25, -0.2) is 0 Å². The van der Waals surface area contributed by atoms with Gasteiger partial charge in [-0.05, 0) is 17.7 Å². The van der Waals surface area contributed by atoms with E-state index >= 15 is 0 Å². The third kappa shape index (κ3) is 2.37. The molecule has 2 N–H and O–H groups in total. The minimum absolute atomic E-state index is 0.0952. The number of hydrogen-bond donors (Lipinski definition) is 2. The summed E-state index contributed by atoms with van der Waals surface area (Å²) in [5.41, 5.74) is 3.63. The number of phenols is 1. The standard InChI is InChI=1S/C8H10ClNO2/c1-12-10-5-6-2-3-8(11)7(9)4-6/h2-4,10-11H,5H2,1H3. The van der Waals surface area contributed by atoms with E-state index in [1.807, 2.05) is 0 Å². The van der Waals surface area contributed by atoms with Gasteiger partial charge in [-0.3, -0.25) is 0 Å². The van der Waals surface area contributed by atoms with Crippen LogP contribution in [0.1, 0.15) is 5.56 Å². The molecule has 0 radical (unpaired) electrons. The highest BCUT2D eigenvalue weighted by molar-refractivity contribution is 6.32. The number of halogens is 1. The molecule has 0 amide bonds. The Hall–Kier alpha value is -0.770. The van der Waals surface area contributed by atoms with Crippen LogP contribution in [0.5, 0.6) is 5.75 Å². The Morgan fingerprint density at radius 1 is 1.58 bits per heavy atom. The Balaban J connectivity index is 2.69. The van der Waals surface area contributed by atoms with Crippen molar-refractivity contribution < 1.29 is 9.94 Å². The number of nitrogens with one attached hydrogen (secondary N) is 1. The molecule has 0 unspecified atom stereocenters. The Labute approximate surface area is 75.9 Å². The Morgan fingerprint density at radius 2 is 2.33 bits per heavy atom. The van der Waals surface area contributed by atoms with Crippen molar-refractivity contribution in [2.45, 2.75) is 6.54 Å². The molecule has 0 saturated carbocycles. The summed E-state index contributed by atoms with van der Waals surface area (Å²) in [6.07, 6.45) is 0. The second-order valence-corrected chi connectivity index (χ2v) is 2.72. The quantitative estimate of drug-likeness (QED) is 0.708. The maximum absolute atomic E-state index is 9.09. The van der Waals surface area contributed by atoms with Gasteiger partial charge in [-0.2, -0.15) is 5.48 Å². The van der Waals surface area contributed by atoms with Gasteiger partial charge >= 0.3 is 0 Å². The summed E-state index contributed by atoms with van der Waals surface area (Å²) in [4.78, 5) is 4.66. The number of hydrogen-bond acceptors (Lipinski definition) is 3. The summed E-state index contributed by atoms with van der Waals surface area (Å²) >= 11 is 5.67. The lowest BCUT2D eigenvalue weighted by atomic mass is 10.2. The van der Waals surface area contributed by atoms with Crippen molar-refractivity contribution in [3.8, 4) is 5.75 Å². The van der Waals surface area contributed by atoms with E-state index in [2.05, 4.69) is 10.3 Å². The molecule has 1 aromatic rings. The lowest BCUT2D eigenvalue weighted by Gasteiger charge is -2.03. The molecule has 0 saturated heterocycles. The first-order valence-corrected chi connectivity index (χ1v) is 3.85. The smallest absolute Gasteiger partial charge is 0.134 e. The lowest BCUT2D eigenvalue weighted by molar-refractivity contribution is 0.0867. The molecular weight excluding hydrogens is 178 g/mol. The minimum Gasteiger partial charge on any atom is -0.506 e.